The lowest BCUT2D eigenvalue weighted by Gasteiger charge is -2.06. The molecule has 2 N–H and O–H groups in total. The number of aromatic nitrogens is 1. The van der Waals surface area contributed by atoms with E-state index in [9.17, 15) is 0 Å². The predicted molar refractivity (Wildman–Crippen MR) is 85.2 cm³/mol. The Balaban J connectivity index is 1.97. The monoisotopic (exact) mass is 303 g/mol. The van der Waals surface area contributed by atoms with Gasteiger partial charge in [0.2, 0.25) is 17.5 Å². The molecule has 0 saturated carbocycles. The van der Waals surface area contributed by atoms with Gasteiger partial charge in [-0.05, 0) is 17.5 Å². The van der Waals surface area contributed by atoms with Crippen molar-refractivity contribution in [1.82, 2.24) is 4.98 Å². The van der Waals surface area contributed by atoms with Crippen LogP contribution in [0.4, 0.5) is 5.88 Å². The number of nitriles is 1. The van der Waals surface area contributed by atoms with Crippen LogP contribution in [-0.4, -0.2) is 32.2 Å². The molecule has 5 nitrogen and oxygen atoms in total. The molecular formula is C15H19N4OS+. The van der Waals surface area contributed by atoms with Crippen molar-refractivity contribution in [3.63, 3.8) is 0 Å². The van der Waals surface area contributed by atoms with E-state index in [-0.39, 0.29) is 0 Å². The summed E-state index contributed by atoms with van der Waals surface area (Å²) in [4.78, 5) is 6.68. The number of quaternary nitrogens is 1. The lowest BCUT2D eigenvalue weighted by molar-refractivity contribution is -0.858. The second-order valence-electron chi connectivity index (χ2n) is 4.93. The van der Waals surface area contributed by atoms with Crippen LogP contribution in [0.25, 0.3) is 12.2 Å². The largest absolute Gasteiger partial charge is 0.420 e. The van der Waals surface area contributed by atoms with Gasteiger partial charge >= 0.3 is 0 Å². The van der Waals surface area contributed by atoms with E-state index >= 15 is 0 Å². The van der Waals surface area contributed by atoms with E-state index in [1.54, 1.807) is 17.4 Å². The Labute approximate surface area is 128 Å². The fourth-order valence-corrected chi connectivity index (χ4v) is 2.40. The molecule has 0 fully saturated rings. The van der Waals surface area contributed by atoms with Crippen molar-refractivity contribution in [3.8, 4) is 6.07 Å². The molecule has 2 aromatic heterocycles. The third kappa shape index (κ3) is 4.74. The normalized spacial score (nSPS) is 11.1. The number of nitrogens with zero attached hydrogens (tertiary/aromatic N) is 2. The van der Waals surface area contributed by atoms with Gasteiger partial charge in [0, 0.05) is 23.9 Å². The molecule has 0 bridgehead atoms. The van der Waals surface area contributed by atoms with Crippen molar-refractivity contribution >= 4 is 29.4 Å². The van der Waals surface area contributed by atoms with Gasteiger partial charge in [0.1, 0.15) is 6.07 Å². The Morgan fingerprint density at radius 3 is 3.00 bits per heavy atom. The van der Waals surface area contributed by atoms with Crippen LogP contribution in [0.15, 0.2) is 21.9 Å². The van der Waals surface area contributed by atoms with Crippen LogP contribution in [0.2, 0.25) is 0 Å². The molecule has 0 radical (unpaired) electrons. The summed E-state index contributed by atoms with van der Waals surface area (Å²) in [6.07, 6.45) is 4.72. The zero-order chi connectivity index (χ0) is 15.1. The van der Waals surface area contributed by atoms with Crippen molar-refractivity contribution in [1.29, 1.82) is 5.26 Å². The summed E-state index contributed by atoms with van der Waals surface area (Å²) < 4.78 is 5.58. The van der Waals surface area contributed by atoms with Crippen LogP contribution in [-0.2, 0) is 0 Å². The first-order valence-electron chi connectivity index (χ1n) is 6.84. The highest BCUT2D eigenvalue weighted by Crippen LogP contribution is 2.19. The highest BCUT2D eigenvalue weighted by molar-refractivity contribution is 7.10. The van der Waals surface area contributed by atoms with Gasteiger partial charge in [-0.15, -0.1) is 11.3 Å². The summed E-state index contributed by atoms with van der Waals surface area (Å²) in [5, 5.41) is 14.2. The minimum atomic E-state index is 0.304. The first kappa shape index (κ1) is 15.3. The molecular weight excluding hydrogens is 284 g/mol. The first-order chi connectivity index (χ1) is 10.2. The standard InChI is InChI=1S/C15H18N4OS/c1-19(2)9-4-8-17-15-13(11-16)18-14(20-15)7-6-12-5-3-10-21-12/h3,5-7,10,17H,4,8-9H2,1-2H3/p+1/b7-6+. The second-order valence-corrected chi connectivity index (χ2v) is 5.91. The molecule has 0 unspecified atom stereocenters. The minimum Gasteiger partial charge on any atom is -0.420 e. The van der Waals surface area contributed by atoms with Gasteiger partial charge in [-0.3, -0.25) is 0 Å². The summed E-state index contributed by atoms with van der Waals surface area (Å²) in [6, 6.07) is 6.05. The maximum absolute atomic E-state index is 9.09. The van der Waals surface area contributed by atoms with E-state index in [2.05, 4.69) is 30.5 Å². The van der Waals surface area contributed by atoms with Crippen molar-refractivity contribution in [2.24, 2.45) is 0 Å². The third-order valence-electron chi connectivity index (χ3n) is 2.82. The molecule has 2 rings (SSSR count). The van der Waals surface area contributed by atoms with E-state index in [4.69, 9.17) is 9.68 Å². The number of rotatable bonds is 7. The van der Waals surface area contributed by atoms with Crippen molar-refractivity contribution in [2.45, 2.75) is 6.42 Å². The molecule has 0 aromatic carbocycles. The van der Waals surface area contributed by atoms with E-state index < -0.39 is 0 Å². The summed E-state index contributed by atoms with van der Waals surface area (Å²) >= 11 is 1.64. The lowest BCUT2D eigenvalue weighted by atomic mass is 10.4. The van der Waals surface area contributed by atoms with Crippen LogP contribution >= 0.6 is 11.3 Å². The number of hydrogen-bond acceptors (Lipinski definition) is 5. The molecule has 0 aliphatic rings. The van der Waals surface area contributed by atoms with Crippen molar-refractivity contribution < 1.29 is 9.32 Å². The zero-order valence-electron chi connectivity index (χ0n) is 12.2. The maximum atomic E-state index is 9.09. The average molecular weight is 303 g/mol. The Hall–Kier alpha value is -2.10. The molecule has 2 heterocycles. The molecule has 21 heavy (non-hydrogen) atoms. The zero-order valence-corrected chi connectivity index (χ0v) is 13.0. The van der Waals surface area contributed by atoms with Gasteiger partial charge in [-0.1, -0.05) is 6.07 Å². The van der Waals surface area contributed by atoms with Gasteiger partial charge in [0.15, 0.2) is 0 Å². The van der Waals surface area contributed by atoms with Crippen molar-refractivity contribution in [2.75, 3.05) is 32.5 Å². The van der Waals surface area contributed by atoms with E-state index in [1.807, 2.05) is 23.6 Å². The molecule has 0 atom stereocenters. The molecule has 6 heteroatoms. The number of oxazole rings is 1. The predicted octanol–water partition coefficient (Wildman–Crippen LogP) is 1.72. The van der Waals surface area contributed by atoms with Crippen LogP contribution in [0.3, 0.4) is 0 Å². The SMILES string of the molecule is C[NH+](C)CCCNc1oc(/C=C/c2cccs2)nc1C#N. The van der Waals surface area contributed by atoms with Crippen LogP contribution in [0, 0.1) is 11.3 Å². The minimum absolute atomic E-state index is 0.304. The van der Waals surface area contributed by atoms with E-state index in [0.717, 1.165) is 24.4 Å². The molecule has 0 aliphatic carbocycles. The number of thiophene rings is 1. The van der Waals surface area contributed by atoms with Crippen molar-refractivity contribution in [3.05, 3.63) is 34.0 Å². The van der Waals surface area contributed by atoms with Crippen LogP contribution in [0.1, 0.15) is 22.9 Å². The van der Waals surface area contributed by atoms with Gasteiger partial charge in [-0.25, -0.2) is 0 Å². The van der Waals surface area contributed by atoms with E-state index in [0.29, 0.717) is 17.5 Å². The first-order valence-corrected chi connectivity index (χ1v) is 7.72. The Morgan fingerprint density at radius 1 is 1.48 bits per heavy atom. The summed E-state index contributed by atoms with van der Waals surface area (Å²) in [5.41, 5.74) is 0.304. The fraction of sp³-hybridized carbons (Fsp3) is 0.333. The second kappa shape index (κ2) is 7.62. The van der Waals surface area contributed by atoms with Gasteiger partial charge in [0.05, 0.1) is 20.6 Å². The van der Waals surface area contributed by atoms with E-state index in [1.165, 1.54) is 4.90 Å². The third-order valence-corrected chi connectivity index (χ3v) is 3.66. The fourth-order valence-electron chi connectivity index (χ4n) is 1.79. The molecule has 0 saturated heterocycles. The Morgan fingerprint density at radius 2 is 2.33 bits per heavy atom. The molecule has 110 valence electrons. The quantitative estimate of drug-likeness (QED) is 0.765. The number of nitrogens with one attached hydrogen (secondary N) is 2. The number of anilines is 1. The molecule has 0 spiro atoms. The van der Waals surface area contributed by atoms with Gasteiger partial charge in [-0.2, -0.15) is 10.2 Å². The lowest BCUT2D eigenvalue weighted by Crippen LogP contribution is -3.05. The maximum Gasteiger partial charge on any atom is 0.232 e. The molecule has 0 amide bonds. The highest BCUT2D eigenvalue weighted by atomic mass is 32.1. The van der Waals surface area contributed by atoms with Crippen LogP contribution in [0.5, 0.6) is 0 Å². The summed E-state index contributed by atoms with van der Waals surface area (Å²) in [6.45, 7) is 1.83. The molecule has 0 aliphatic heterocycles. The average Bonchev–Trinajstić information content (AvgIpc) is 3.10. The summed E-state index contributed by atoms with van der Waals surface area (Å²) in [5.74, 6) is 0.901. The topological polar surface area (TPSA) is 66.3 Å². The molecule has 2 aromatic rings. The summed E-state index contributed by atoms with van der Waals surface area (Å²) in [7, 11) is 4.23. The Bertz CT molecular complexity index is 623. The van der Waals surface area contributed by atoms with Crippen LogP contribution < -0.4 is 10.2 Å². The Kier molecular flexibility index (Phi) is 5.55. The smallest absolute Gasteiger partial charge is 0.232 e. The highest BCUT2D eigenvalue weighted by Gasteiger charge is 2.10. The van der Waals surface area contributed by atoms with Gasteiger partial charge in [0.25, 0.3) is 0 Å². The number of hydrogen-bond donors (Lipinski definition) is 2. The van der Waals surface area contributed by atoms with Gasteiger partial charge < -0.3 is 14.6 Å².